The van der Waals surface area contributed by atoms with Crippen LogP contribution in [-0.2, 0) is 35.3 Å². The van der Waals surface area contributed by atoms with Crippen LogP contribution >= 0.6 is 11.3 Å². The summed E-state index contributed by atoms with van der Waals surface area (Å²) in [4.78, 5) is 29.1. The Hall–Kier alpha value is -3.91. The number of urea groups is 1. The van der Waals surface area contributed by atoms with Crippen LogP contribution in [-0.4, -0.2) is 28.1 Å². The number of rotatable bonds is 5. The van der Waals surface area contributed by atoms with E-state index in [0.29, 0.717) is 18.8 Å². The molecule has 2 amide bonds. The number of amides is 2. The second-order valence-electron chi connectivity index (χ2n) is 9.99. The lowest BCUT2D eigenvalue weighted by atomic mass is 9.95. The third-order valence-electron chi connectivity index (χ3n) is 7.46. The third kappa shape index (κ3) is 4.96. The molecule has 1 N–H and O–H groups in total. The molecule has 0 bridgehead atoms. The lowest BCUT2D eigenvalue weighted by Gasteiger charge is -2.31. The molecule has 1 unspecified atom stereocenters. The van der Waals surface area contributed by atoms with Crippen molar-refractivity contribution in [1.82, 2.24) is 9.47 Å². The van der Waals surface area contributed by atoms with Gasteiger partial charge in [0.05, 0.1) is 31.3 Å². The highest BCUT2D eigenvalue weighted by molar-refractivity contribution is 7.15. The van der Waals surface area contributed by atoms with Gasteiger partial charge in [-0.25, -0.2) is 9.18 Å². The van der Waals surface area contributed by atoms with Gasteiger partial charge in [-0.15, -0.1) is 11.3 Å². The molecule has 0 spiro atoms. The van der Waals surface area contributed by atoms with Crippen LogP contribution in [0.25, 0.3) is 5.00 Å². The largest absolute Gasteiger partial charge is 0.466 e. The molecular weight excluding hydrogens is 513 g/mol. The van der Waals surface area contributed by atoms with Gasteiger partial charge in [0.15, 0.2) is 0 Å². The average molecular weight is 544 g/mol. The number of hydrogen-bond acceptors (Lipinski definition) is 4. The Labute approximate surface area is 231 Å². The van der Waals surface area contributed by atoms with Gasteiger partial charge < -0.3 is 19.5 Å². The van der Waals surface area contributed by atoms with Crippen molar-refractivity contribution in [3.8, 4) is 5.00 Å². The normalized spacial score (nSPS) is 16.1. The Morgan fingerprint density at radius 3 is 2.67 bits per heavy atom. The van der Waals surface area contributed by atoms with E-state index >= 15 is 0 Å². The third-order valence-corrected chi connectivity index (χ3v) is 8.80. The summed E-state index contributed by atoms with van der Waals surface area (Å²) in [5.41, 5.74) is 5.63. The van der Waals surface area contributed by atoms with Crippen LogP contribution in [0.3, 0.4) is 0 Å². The first-order valence-corrected chi connectivity index (χ1v) is 14.2. The molecule has 1 atom stereocenters. The maximum atomic E-state index is 14.4. The zero-order valence-electron chi connectivity index (χ0n) is 21.8. The van der Waals surface area contributed by atoms with E-state index in [2.05, 4.69) is 9.88 Å². The van der Waals surface area contributed by atoms with Crippen molar-refractivity contribution in [2.75, 3.05) is 11.9 Å². The van der Waals surface area contributed by atoms with E-state index in [9.17, 15) is 14.0 Å². The Bertz CT molecular complexity index is 1520. The number of thiophene rings is 1. The summed E-state index contributed by atoms with van der Waals surface area (Å²) in [6.45, 7) is 2.55. The standard InChI is InChI=1S/C31H30FN3O3S/c1-2-38-28(36)17-20-12-14-23(15-13-20)33-31(37)35-19-25-24-9-3-4-11-27(24)39-30(25)34-16-6-10-26(34)29(35)21-7-5-8-22(32)18-21/h5-8,10,12-16,18,29H,2-4,9,11,17,19H2,1H3,(H,33,37). The zero-order chi connectivity index (χ0) is 26.9. The molecule has 0 saturated heterocycles. The molecule has 6 rings (SSSR count). The minimum atomic E-state index is -0.474. The number of fused-ring (bicyclic) bond motifs is 5. The molecule has 0 radical (unpaired) electrons. The molecule has 2 aliphatic rings. The van der Waals surface area contributed by atoms with Gasteiger partial charge in [0.25, 0.3) is 0 Å². The Morgan fingerprint density at radius 2 is 1.87 bits per heavy atom. The first kappa shape index (κ1) is 25.4. The fourth-order valence-corrected chi connectivity index (χ4v) is 7.10. The van der Waals surface area contributed by atoms with E-state index in [-0.39, 0.29) is 24.2 Å². The minimum absolute atomic E-state index is 0.179. The molecule has 2 aromatic carbocycles. The lowest BCUT2D eigenvalue weighted by Crippen LogP contribution is -2.38. The summed E-state index contributed by atoms with van der Waals surface area (Å²) in [6, 6.07) is 17.0. The van der Waals surface area contributed by atoms with Crippen molar-refractivity contribution in [2.45, 2.75) is 51.6 Å². The topological polar surface area (TPSA) is 63.6 Å². The van der Waals surface area contributed by atoms with Crippen molar-refractivity contribution in [3.63, 3.8) is 0 Å². The monoisotopic (exact) mass is 543 g/mol. The van der Waals surface area contributed by atoms with Gasteiger partial charge in [-0.1, -0.05) is 24.3 Å². The molecule has 200 valence electrons. The second-order valence-corrected chi connectivity index (χ2v) is 11.1. The van der Waals surface area contributed by atoms with Crippen LogP contribution in [0.5, 0.6) is 0 Å². The number of aromatic nitrogens is 1. The highest BCUT2D eigenvalue weighted by atomic mass is 32.1. The second kappa shape index (κ2) is 10.7. The van der Waals surface area contributed by atoms with Crippen LogP contribution in [0.2, 0.25) is 0 Å². The Morgan fingerprint density at radius 1 is 1.05 bits per heavy atom. The van der Waals surface area contributed by atoms with Gasteiger partial charge >= 0.3 is 12.0 Å². The number of halogens is 1. The number of carbonyl (C=O) groups is 2. The predicted molar refractivity (Wildman–Crippen MR) is 150 cm³/mol. The fraction of sp³-hybridized carbons (Fsp3) is 0.290. The smallest absolute Gasteiger partial charge is 0.322 e. The van der Waals surface area contributed by atoms with E-state index in [4.69, 9.17) is 4.74 Å². The van der Waals surface area contributed by atoms with E-state index in [1.165, 1.54) is 34.6 Å². The van der Waals surface area contributed by atoms with Crippen LogP contribution in [0, 0.1) is 5.82 Å². The molecule has 8 heteroatoms. The summed E-state index contributed by atoms with van der Waals surface area (Å²) < 4.78 is 21.7. The number of hydrogen-bond donors (Lipinski definition) is 1. The average Bonchev–Trinajstić information content (AvgIpc) is 3.52. The predicted octanol–water partition coefficient (Wildman–Crippen LogP) is 6.80. The summed E-state index contributed by atoms with van der Waals surface area (Å²) in [6.07, 6.45) is 6.64. The molecule has 3 heterocycles. The van der Waals surface area contributed by atoms with Gasteiger partial charge in [-0.3, -0.25) is 4.79 Å². The lowest BCUT2D eigenvalue weighted by molar-refractivity contribution is -0.142. The van der Waals surface area contributed by atoms with Gasteiger partial charge in [-0.2, -0.15) is 0 Å². The molecule has 4 aromatic rings. The number of aryl methyl sites for hydroxylation is 1. The quantitative estimate of drug-likeness (QED) is 0.282. The number of benzene rings is 2. The van der Waals surface area contributed by atoms with E-state index < -0.39 is 6.04 Å². The van der Waals surface area contributed by atoms with Crippen LogP contribution in [0.15, 0.2) is 66.9 Å². The molecule has 0 saturated carbocycles. The van der Waals surface area contributed by atoms with Gasteiger partial charge in [0.2, 0.25) is 0 Å². The van der Waals surface area contributed by atoms with Crippen molar-refractivity contribution >= 4 is 29.0 Å². The summed E-state index contributed by atoms with van der Waals surface area (Å²) in [7, 11) is 0. The SMILES string of the molecule is CCOC(=O)Cc1ccc(NC(=O)N2Cc3c(sc4c3CCCC4)-n3cccc3C2c2cccc(F)c2)cc1. The first-order valence-electron chi connectivity index (χ1n) is 13.4. The van der Waals surface area contributed by atoms with E-state index in [0.717, 1.165) is 41.1 Å². The number of anilines is 1. The number of nitrogens with one attached hydrogen (secondary N) is 1. The molecule has 2 aromatic heterocycles. The van der Waals surface area contributed by atoms with Gasteiger partial charge in [0, 0.05) is 22.3 Å². The molecule has 1 aliphatic heterocycles. The van der Waals surface area contributed by atoms with Crippen molar-refractivity contribution in [1.29, 1.82) is 0 Å². The maximum absolute atomic E-state index is 14.4. The van der Waals surface area contributed by atoms with Crippen molar-refractivity contribution in [2.24, 2.45) is 0 Å². The summed E-state index contributed by atoms with van der Waals surface area (Å²) >= 11 is 1.82. The highest BCUT2D eigenvalue weighted by Gasteiger charge is 2.36. The van der Waals surface area contributed by atoms with Gasteiger partial charge in [0.1, 0.15) is 10.8 Å². The summed E-state index contributed by atoms with van der Waals surface area (Å²) in [5, 5.41) is 4.21. The van der Waals surface area contributed by atoms with Crippen molar-refractivity contribution < 1.29 is 18.7 Å². The highest BCUT2D eigenvalue weighted by Crippen LogP contribution is 2.44. The molecule has 1 aliphatic carbocycles. The van der Waals surface area contributed by atoms with E-state index in [1.807, 2.05) is 52.8 Å². The number of ether oxygens (including phenoxy) is 1. The van der Waals surface area contributed by atoms with Gasteiger partial charge in [-0.05, 0) is 85.7 Å². The maximum Gasteiger partial charge on any atom is 0.322 e. The first-order chi connectivity index (χ1) is 19.0. The van der Waals surface area contributed by atoms with Crippen LogP contribution in [0.4, 0.5) is 14.9 Å². The number of nitrogens with zero attached hydrogens (tertiary/aromatic N) is 2. The van der Waals surface area contributed by atoms with E-state index in [1.54, 1.807) is 25.1 Å². The Kier molecular flexibility index (Phi) is 6.95. The zero-order valence-corrected chi connectivity index (χ0v) is 22.6. The van der Waals surface area contributed by atoms with Crippen LogP contribution < -0.4 is 5.32 Å². The molecule has 6 nitrogen and oxygen atoms in total. The number of esters is 1. The molecule has 0 fully saturated rings. The minimum Gasteiger partial charge on any atom is -0.466 e. The molecular formula is C31H30FN3O3S. The Balaban J connectivity index is 1.37. The fourth-order valence-electron chi connectivity index (χ4n) is 5.69. The summed E-state index contributed by atoms with van der Waals surface area (Å²) in [5.74, 6) is -0.616. The number of carbonyl (C=O) groups excluding carboxylic acids is 2. The molecule has 39 heavy (non-hydrogen) atoms. The van der Waals surface area contributed by atoms with Crippen LogP contribution in [0.1, 0.15) is 58.6 Å². The van der Waals surface area contributed by atoms with Crippen molar-refractivity contribution in [3.05, 3.63) is 106 Å².